The fourth-order valence-electron chi connectivity index (χ4n) is 5.71. The van der Waals surface area contributed by atoms with Crippen LogP contribution in [0.15, 0.2) is 0 Å². The number of carboxylic acid groups (broad SMARTS) is 2. The fourth-order valence-corrected chi connectivity index (χ4v) is 5.71. The molecule has 0 fully saturated rings. The monoisotopic (exact) mass is 846 g/mol. The molecule has 0 saturated heterocycles. The highest BCUT2D eigenvalue weighted by molar-refractivity contribution is 5.84. The van der Waals surface area contributed by atoms with Gasteiger partial charge in [-0.05, 0) is 32.1 Å². The molecule has 0 spiro atoms. The predicted molar refractivity (Wildman–Crippen MR) is 221 cm³/mol. The zero-order valence-corrected chi connectivity index (χ0v) is 35.6. The van der Waals surface area contributed by atoms with Crippen LogP contribution in [0.3, 0.4) is 0 Å². The Balaban J connectivity index is 3.64. The minimum Gasteiger partial charge on any atom is -0.481 e. The highest BCUT2D eigenvalue weighted by atomic mass is 16.5. The van der Waals surface area contributed by atoms with Gasteiger partial charge >= 0.3 is 11.9 Å². The summed E-state index contributed by atoms with van der Waals surface area (Å²) >= 11 is 0. The molecule has 0 aromatic rings. The Hall–Kier alpha value is -3.87. The second kappa shape index (κ2) is 40.9. The summed E-state index contributed by atoms with van der Waals surface area (Å²) in [5.41, 5.74) is 0. The first-order valence-electron chi connectivity index (χ1n) is 21.6. The topological polar surface area (TPSA) is 257 Å². The first-order chi connectivity index (χ1) is 28.5. The third kappa shape index (κ3) is 42.1. The molecule has 0 aliphatic heterocycles. The number of amides is 5. The van der Waals surface area contributed by atoms with Gasteiger partial charge in [0.15, 0.2) is 0 Å². The van der Waals surface area contributed by atoms with Gasteiger partial charge < -0.3 is 55.7 Å². The summed E-state index contributed by atoms with van der Waals surface area (Å²) in [5, 5.41) is 31.4. The zero-order chi connectivity index (χ0) is 43.6. The van der Waals surface area contributed by atoms with E-state index < -0.39 is 18.0 Å². The second-order valence-corrected chi connectivity index (χ2v) is 14.4. The van der Waals surface area contributed by atoms with E-state index in [1.54, 1.807) is 0 Å². The number of hydrogen-bond acceptors (Lipinski definition) is 11. The van der Waals surface area contributed by atoms with Crippen molar-refractivity contribution in [1.29, 1.82) is 0 Å². The lowest BCUT2D eigenvalue weighted by molar-refractivity contribution is -0.142. The summed E-state index contributed by atoms with van der Waals surface area (Å²) in [6.07, 6.45) is 17.0. The molecule has 0 saturated carbocycles. The number of hydrogen-bond donors (Lipinski definition) is 7. The quantitative estimate of drug-likeness (QED) is 0.0437. The van der Waals surface area contributed by atoms with E-state index in [1.807, 2.05) is 0 Å². The van der Waals surface area contributed by atoms with Gasteiger partial charge in [0, 0.05) is 52.4 Å². The van der Waals surface area contributed by atoms with Gasteiger partial charge in [0.1, 0.15) is 19.3 Å². The Morgan fingerprint density at radius 2 is 0.831 bits per heavy atom. The minimum atomic E-state index is -1.18. The molecule has 18 heteroatoms. The normalized spacial score (nSPS) is 11.4. The highest BCUT2D eigenvalue weighted by Crippen LogP contribution is 2.14. The van der Waals surface area contributed by atoms with E-state index in [2.05, 4.69) is 26.6 Å². The molecule has 0 aliphatic carbocycles. The van der Waals surface area contributed by atoms with Crippen LogP contribution in [0.1, 0.15) is 135 Å². The summed E-state index contributed by atoms with van der Waals surface area (Å²) in [6, 6.07) is -1.14. The van der Waals surface area contributed by atoms with Crippen LogP contribution in [0.2, 0.25) is 0 Å². The third-order valence-electron chi connectivity index (χ3n) is 8.99. The summed E-state index contributed by atoms with van der Waals surface area (Å²) in [6.45, 7) is 4.14. The van der Waals surface area contributed by atoms with Gasteiger partial charge in [0.25, 0.3) is 0 Å². The van der Waals surface area contributed by atoms with E-state index in [0.29, 0.717) is 19.5 Å². The molecular weight excluding hydrogens is 770 g/mol. The third-order valence-corrected chi connectivity index (χ3v) is 8.99. The Kier molecular flexibility index (Phi) is 38.2. The van der Waals surface area contributed by atoms with Crippen molar-refractivity contribution in [2.24, 2.45) is 0 Å². The van der Waals surface area contributed by atoms with Gasteiger partial charge in [-0.1, -0.05) is 77.0 Å². The highest BCUT2D eigenvalue weighted by Gasteiger charge is 2.20. The van der Waals surface area contributed by atoms with Gasteiger partial charge in [0.2, 0.25) is 29.5 Å². The molecule has 7 N–H and O–H groups in total. The van der Waals surface area contributed by atoms with E-state index in [1.165, 1.54) is 51.9 Å². The molecule has 59 heavy (non-hydrogen) atoms. The van der Waals surface area contributed by atoms with Crippen molar-refractivity contribution in [3.05, 3.63) is 0 Å². The van der Waals surface area contributed by atoms with E-state index in [4.69, 9.17) is 24.1 Å². The SMILES string of the molecule is CC(=O)NCCCCNC(=O)COCCOCCNC(=O)COCCOCCNC(=O)CCC(NC(=O)CCCCCCCCCCCCCCCCC(=O)O)C(=O)O. The molecule has 1 unspecified atom stereocenters. The Labute approximate surface area is 350 Å². The Bertz CT molecular complexity index is 1150. The molecule has 0 radical (unpaired) electrons. The molecular formula is C41H75N5O13. The van der Waals surface area contributed by atoms with Crippen molar-refractivity contribution in [3.63, 3.8) is 0 Å². The largest absolute Gasteiger partial charge is 0.481 e. The Morgan fingerprint density at radius 1 is 0.424 bits per heavy atom. The summed E-state index contributed by atoms with van der Waals surface area (Å²) in [5.74, 6) is -3.20. The van der Waals surface area contributed by atoms with Gasteiger partial charge in [0.05, 0.1) is 39.6 Å². The number of carbonyl (C=O) groups is 7. The average Bonchev–Trinajstić information content (AvgIpc) is 3.19. The number of ether oxygens (including phenoxy) is 4. The van der Waals surface area contributed by atoms with E-state index >= 15 is 0 Å². The van der Waals surface area contributed by atoms with Crippen molar-refractivity contribution in [2.75, 3.05) is 79.0 Å². The molecule has 18 nitrogen and oxygen atoms in total. The number of rotatable bonds is 43. The number of unbranched alkanes of at least 4 members (excludes halogenated alkanes) is 14. The molecule has 0 aromatic heterocycles. The average molecular weight is 846 g/mol. The fraction of sp³-hybridized carbons (Fsp3) is 0.829. The molecule has 0 aliphatic rings. The molecule has 342 valence electrons. The van der Waals surface area contributed by atoms with E-state index in [0.717, 1.165) is 51.4 Å². The van der Waals surface area contributed by atoms with Crippen molar-refractivity contribution >= 4 is 41.5 Å². The first-order valence-corrected chi connectivity index (χ1v) is 21.6. The van der Waals surface area contributed by atoms with Crippen molar-refractivity contribution in [1.82, 2.24) is 26.6 Å². The van der Waals surface area contributed by atoms with Crippen LogP contribution in [0.4, 0.5) is 0 Å². The van der Waals surface area contributed by atoms with Crippen molar-refractivity contribution in [2.45, 2.75) is 141 Å². The summed E-state index contributed by atoms with van der Waals surface area (Å²) < 4.78 is 21.3. The first kappa shape index (κ1) is 55.1. The predicted octanol–water partition coefficient (Wildman–Crippen LogP) is 2.99. The lowest BCUT2D eigenvalue weighted by atomic mass is 10.0. The van der Waals surface area contributed by atoms with E-state index in [-0.39, 0.29) is 121 Å². The Morgan fingerprint density at radius 3 is 1.29 bits per heavy atom. The lowest BCUT2D eigenvalue weighted by Gasteiger charge is -2.14. The molecule has 0 heterocycles. The maximum Gasteiger partial charge on any atom is 0.326 e. The van der Waals surface area contributed by atoms with Crippen LogP contribution in [-0.4, -0.2) is 137 Å². The smallest absolute Gasteiger partial charge is 0.326 e. The van der Waals surface area contributed by atoms with Gasteiger partial charge in [-0.15, -0.1) is 0 Å². The standard InChI is InChI=1S/C41H75N5O13/c1-34(47)42-22-16-17-23-43-38(50)32-58-30-29-57-27-25-45-39(51)33-59-31-28-56-26-24-44-36(48)21-20-35(41(54)55)46-37(49)18-14-12-10-8-6-4-2-3-5-7-9-11-13-15-19-40(52)53/h35H,2-33H2,1H3,(H,42,47)(H,43,50)(H,44,48)(H,45,51)(H,46,49)(H,52,53)(H,54,55). The maximum atomic E-state index is 12.3. The number of carbonyl (C=O) groups excluding carboxylic acids is 5. The van der Waals surface area contributed by atoms with Gasteiger partial charge in [-0.2, -0.15) is 0 Å². The van der Waals surface area contributed by atoms with Crippen LogP contribution in [0, 0.1) is 0 Å². The van der Waals surface area contributed by atoms with Crippen LogP contribution >= 0.6 is 0 Å². The van der Waals surface area contributed by atoms with Crippen LogP contribution in [0.25, 0.3) is 0 Å². The second-order valence-electron chi connectivity index (χ2n) is 14.4. The molecule has 1 atom stereocenters. The zero-order valence-electron chi connectivity index (χ0n) is 35.6. The molecule has 0 rings (SSSR count). The number of carboxylic acids is 2. The van der Waals surface area contributed by atoms with E-state index in [9.17, 15) is 38.7 Å². The lowest BCUT2D eigenvalue weighted by Crippen LogP contribution is -2.41. The van der Waals surface area contributed by atoms with Crippen molar-refractivity contribution in [3.8, 4) is 0 Å². The van der Waals surface area contributed by atoms with Crippen LogP contribution in [0.5, 0.6) is 0 Å². The maximum absolute atomic E-state index is 12.3. The summed E-state index contributed by atoms with van der Waals surface area (Å²) in [7, 11) is 0. The number of nitrogens with one attached hydrogen (secondary N) is 5. The van der Waals surface area contributed by atoms with Gasteiger partial charge in [-0.3, -0.25) is 28.8 Å². The van der Waals surface area contributed by atoms with Crippen LogP contribution in [-0.2, 0) is 52.5 Å². The molecule has 5 amide bonds. The van der Waals surface area contributed by atoms with Gasteiger partial charge in [-0.25, -0.2) is 4.79 Å². The minimum absolute atomic E-state index is 0.0255. The molecule has 0 bridgehead atoms. The van der Waals surface area contributed by atoms with Crippen molar-refractivity contribution < 1.29 is 62.7 Å². The molecule has 0 aromatic carbocycles. The summed E-state index contributed by atoms with van der Waals surface area (Å²) in [4.78, 5) is 81.0. The number of aliphatic carboxylic acids is 2. The van der Waals surface area contributed by atoms with Crippen LogP contribution < -0.4 is 26.6 Å².